The highest BCUT2D eigenvalue weighted by atomic mass is 35.5. The number of para-hydroxylation sites is 2. The average molecular weight is 471 g/mol. The largest absolute Gasteiger partial charge is 0.482 e. The van der Waals surface area contributed by atoms with Gasteiger partial charge in [-0.1, -0.05) is 48.0 Å². The average Bonchev–Trinajstić information content (AvgIpc) is 2.79. The van der Waals surface area contributed by atoms with Gasteiger partial charge in [0.2, 0.25) is 0 Å². The fraction of sp³-hybridized carbons (Fsp3) is 0.208. The van der Waals surface area contributed by atoms with E-state index in [0.717, 1.165) is 24.0 Å². The minimum Gasteiger partial charge on any atom is -0.482 e. The fourth-order valence-corrected chi connectivity index (χ4v) is 5.55. The van der Waals surface area contributed by atoms with E-state index in [-0.39, 0.29) is 28.2 Å². The number of nitrogens with zero attached hydrogens (tertiary/aromatic N) is 1. The van der Waals surface area contributed by atoms with Gasteiger partial charge in [-0.25, -0.2) is 8.42 Å². The van der Waals surface area contributed by atoms with Crippen molar-refractivity contribution in [3.8, 4) is 5.75 Å². The van der Waals surface area contributed by atoms with E-state index in [2.05, 4.69) is 5.32 Å². The Morgan fingerprint density at radius 2 is 1.84 bits per heavy atom. The molecule has 4 rings (SSSR count). The van der Waals surface area contributed by atoms with Crippen molar-refractivity contribution in [2.45, 2.75) is 24.7 Å². The Morgan fingerprint density at radius 3 is 2.62 bits per heavy atom. The number of hydrogen-bond donors (Lipinski definition) is 1. The molecule has 0 saturated heterocycles. The van der Waals surface area contributed by atoms with Crippen molar-refractivity contribution in [2.75, 3.05) is 22.8 Å². The van der Waals surface area contributed by atoms with Gasteiger partial charge in [-0.15, -0.1) is 0 Å². The summed E-state index contributed by atoms with van der Waals surface area (Å²) in [5, 5.41) is 2.90. The van der Waals surface area contributed by atoms with E-state index in [9.17, 15) is 13.2 Å². The van der Waals surface area contributed by atoms with Gasteiger partial charge in [0.25, 0.3) is 15.9 Å². The Morgan fingerprint density at radius 1 is 1.09 bits per heavy atom. The number of nitrogens with one attached hydrogen (secondary N) is 1. The van der Waals surface area contributed by atoms with Gasteiger partial charge < -0.3 is 10.1 Å². The quantitative estimate of drug-likeness (QED) is 0.561. The summed E-state index contributed by atoms with van der Waals surface area (Å²) in [7, 11) is -3.78. The number of benzene rings is 3. The molecule has 8 heteroatoms. The highest BCUT2D eigenvalue weighted by Gasteiger charge is 2.29. The van der Waals surface area contributed by atoms with Gasteiger partial charge in [0.15, 0.2) is 6.61 Å². The summed E-state index contributed by atoms with van der Waals surface area (Å²) < 4.78 is 33.5. The normalized spacial score (nSPS) is 13.4. The Hall–Kier alpha value is -3.03. The second-order valence-electron chi connectivity index (χ2n) is 7.55. The van der Waals surface area contributed by atoms with Gasteiger partial charge in [-0.3, -0.25) is 9.10 Å². The molecule has 0 bridgehead atoms. The van der Waals surface area contributed by atoms with Gasteiger partial charge in [0.1, 0.15) is 5.75 Å². The lowest BCUT2D eigenvalue weighted by molar-refractivity contribution is -0.118. The molecule has 1 heterocycles. The van der Waals surface area contributed by atoms with E-state index < -0.39 is 10.0 Å². The molecular weight excluding hydrogens is 448 g/mol. The highest BCUT2D eigenvalue weighted by molar-refractivity contribution is 7.92. The number of aryl methyl sites for hydroxylation is 2. The van der Waals surface area contributed by atoms with Crippen LogP contribution >= 0.6 is 11.6 Å². The van der Waals surface area contributed by atoms with Crippen molar-refractivity contribution in [3.05, 3.63) is 82.9 Å². The van der Waals surface area contributed by atoms with E-state index in [1.807, 2.05) is 49.4 Å². The molecular formula is C24H23ClN2O4S. The SMILES string of the molecule is Cc1ccccc1NC(=O)COc1ccc(S(=O)(=O)N2CCCc3ccccc32)cc1Cl. The first-order valence-electron chi connectivity index (χ1n) is 10.2. The van der Waals surface area contributed by atoms with Crippen LogP contribution in [0.3, 0.4) is 0 Å². The lowest BCUT2D eigenvalue weighted by Gasteiger charge is -2.30. The van der Waals surface area contributed by atoms with Crippen LogP contribution in [0.2, 0.25) is 5.02 Å². The van der Waals surface area contributed by atoms with Gasteiger partial charge in [0.05, 0.1) is 15.6 Å². The van der Waals surface area contributed by atoms with Crippen LogP contribution in [-0.4, -0.2) is 27.5 Å². The lowest BCUT2D eigenvalue weighted by Crippen LogP contribution is -2.35. The standard InChI is InChI=1S/C24H23ClN2O4S/c1-17-7-2-4-10-21(17)26-24(28)16-31-23-13-12-19(15-20(23)25)32(29,30)27-14-6-9-18-8-3-5-11-22(18)27/h2-5,7-8,10-13,15H,6,9,14,16H2,1H3,(H,26,28). The smallest absolute Gasteiger partial charge is 0.264 e. The van der Waals surface area contributed by atoms with Crippen LogP contribution in [0.4, 0.5) is 11.4 Å². The molecule has 1 amide bonds. The van der Waals surface area contributed by atoms with Crippen molar-refractivity contribution in [1.82, 2.24) is 0 Å². The van der Waals surface area contributed by atoms with Crippen molar-refractivity contribution >= 4 is 38.9 Å². The van der Waals surface area contributed by atoms with E-state index in [1.165, 1.54) is 22.5 Å². The summed E-state index contributed by atoms with van der Waals surface area (Å²) in [5.74, 6) is -0.0958. The number of hydrogen-bond acceptors (Lipinski definition) is 4. The van der Waals surface area contributed by atoms with Gasteiger partial charge in [0, 0.05) is 12.2 Å². The van der Waals surface area contributed by atoms with E-state index in [4.69, 9.17) is 16.3 Å². The van der Waals surface area contributed by atoms with Crippen LogP contribution in [0.1, 0.15) is 17.5 Å². The third-order valence-electron chi connectivity index (χ3n) is 5.34. The molecule has 0 spiro atoms. The summed E-state index contributed by atoms with van der Waals surface area (Å²) >= 11 is 6.30. The monoisotopic (exact) mass is 470 g/mol. The maximum absolute atomic E-state index is 13.3. The minimum atomic E-state index is -3.78. The molecule has 0 saturated carbocycles. The Balaban J connectivity index is 1.48. The summed E-state index contributed by atoms with van der Waals surface area (Å²) in [4.78, 5) is 12.3. The van der Waals surface area contributed by atoms with Crippen LogP contribution in [0, 0.1) is 6.92 Å². The first kappa shape index (κ1) is 22.2. The molecule has 1 N–H and O–H groups in total. The van der Waals surface area contributed by atoms with E-state index in [1.54, 1.807) is 6.07 Å². The molecule has 166 valence electrons. The predicted octanol–water partition coefficient (Wildman–Crippen LogP) is 4.81. The zero-order chi connectivity index (χ0) is 22.7. The van der Waals surface area contributed by atoms with Crippen molar-refractivity contribution in [1.29, 1.82) is 0 Å². The number of ether oxygens (including phenoxy) is 1. The number of fused-ring (bicyclic) bond motifs is 1. The highest BCUT2D eigenvalue weighted by Crippen LogP contribution is 2.34. The molecule has 3 aromatic carbocycles. The Kier molecular flexibility index (Phi) is 6.39. The molecule has 0 unspecified atom stereocenters. The fourth-order valence-electron chi connectivity index (χ4n) is 3.68. The Bertz CT molecular complexity index is 1260. The van der Waals surface area contributed by atoms with Crippen molar-refractivity contribution in [3.63, 3.8) is 0 Å². The number of anilines is 2. The molecule has 1 aliphatic rings. The number of carbonyl (C=O) groups is 1. The molecule has 6 nitrogen and oxygen atoms in total. The number of halogens is 1. The zero-order valence-electron chi connectivity index (χ0n) is 17.5. The maximum atomic E-state index is 13.3. The van der Waals surface area contributed by atoms with Gasteiger partial charge in [-0.05, 0) is 61.2 Å². The molecule has 1 aliphatic heterocycles. The maximum Gasteiger partial charge on any atom is 0.264 e. The molecule has 0 aliphatic carbocycles. The van der Waals surface area contributed by atoms with Crippen LogP contribution in [0.15, 0.2) is 71.6 Å². The summed E-state index contributed by atoms with van der Waals surface area (Å²) in [6.45, 7) is 2.06. The predicted molar refractivity (Wildman–Crippen MR) is 126 cm³/mol. The zero-order valence-corrected chi connectivity index (χ0v) is 19.1. The topological polar surface area (TPSA) is 75.7 Å². The number of sulfonamides is 1. The van der Waals surface area contributed by atoms with E-state index in [0.29, 0.717) is 17.9 Å². The molecule has 3 aromatic rings. The summed E-state index contributed by atoms with van der Waals surface area (Å²) in [6.07, 6.45) is 1.60. The third-order valence-corrected chi connectivity index (χ3v) is 7.44. The number of rotatable bonds is 6. The minimum absolute atomic E-state index is 0.0796. The third kappa shape index (κ3) is 4.59. The molecule has 0 atom stereocenters. The lowest BCUT2D eigenvalue weighted by atomic mass is 10.0. The van der Waals surface area contributed by atoms with E-state index >= 15 is 0 Å². The number of amides is 1. The molecule has 0 fully saturated rings. The number of carbonyl (C=O) groups excluding carboxylic acids is 1. The van der Waals surface area contributed by atoms with Gasteiger partial charge in [-0.2, -0.15) is 0 Å². The van der Waals surface area contributed by atoms with Crippen LogP contribution < -0.4 is 14.4 Å². The second-order valence-corrected chi connectivity index (χ2v) is 9.82. The van der Waals surface area contributed by atoms with Crippen LogP contribution in [0.5, 0.6) is 5.75 Å². The molecule has 32 heavy (non-hydrogen) atoms. The summed E-state index contributed by atoms with van der Waals surface area (Å²) in [6, 6.07) is 19.2. The van der Waals surface area contributed by atoms with Crippen LogP contribution in [-0.2, 0) is 21.2 Å². The first-order chi connectivity index (χ1) is 15.4. The van der Waals surface area contributed by atoms with Crippen molar-refractivity contribution in [2.24, 2.45) is 0 Å². The van der Waals surface area contributed by atoms with Crippen molar-refractivity contribution < 1.29 is 17.9 Å². The molecule has 0 radical (unpaired) electrons. The first-order valence-corrected chi connectivity index (χ1v) is 12.1. The van der Waals surface area contributed by atoms with Gasteiger partial charge >= 0.3 is 0 Å². The molecule has 0 aromatic heterocycles. The van der Waals surface area contributed by atoms with Crippen LogP contribution in [0.25, 0.3) is 0 Å². The summed E-state index contributed by atoms with van der Waals surface area (Å²) in [5.41, 5.74) is 3.35. The second kappa shape index (κ2) is 9.22. The Labute approximate surface area is 192 Å².